The van der Waals surface area contributed by atoms with Crippen molar-refractivity contribution < 1.29 is 5.21 Å². The van der Waals surface area contributed by atoms with Gasteiger partial charge in [-0.1, -0.05) is 19.3 Å². The molecule has 2 rings (SSSR count). The molecule has 0 bridgehead atoms. The van der Waals surface area contributed by atoms with Gasteiger partial charge in [0, 0.05) is 6.07 Å². The van der Waals surface area contributed by atoms with Gasteiger partial charge in [0.2, 0.25) is 5.43 Å². The quantitative estimate of drug-likeness (QED) is 0.560. The van der Waals surface area contributed by atoms with E-state index in [1.165, 1.54) is 12.5 Å². The van der Waals surface area contributed by atoms with Crippen LogP contribution in [0.15, 0.2) is 15.7 Å². The maximum Gasteiger partial charge on any atom is 0.251 e. The third-order valence-electron chi connectivity index (χ3n) is 2.89. The molecule has 0 spiro atoms. The van der Waals surface area contributed by atoms with Crippen molar-refractivity contribution in [3.05, 3.63) is 26.5 Å². The van der Waals surface area contributed by atoms with E-state index >= 15 is 0 Å². The fraction of sp³-hybridized carbons (Fsp3) is 0.600. The summed E-state index contributed by atoms with van der Waals surface area (Å²) < 4.78 is 0. The first kappa shape index (κ1) is 9.40. The Balaban J connectivity index is 2.09. The summed E-state index contributed by atoms with van der Waals surface area (Å²) in [6.45, 7) is 0. The SMILES string of the molecule is O=c1cc(N(O)C2CCCCC2)c1=O. The lowest BCUT2D eigenvalue weighted by molar-refractivity contribution is 0.188. The fourth-order valence-corrected chi connectivity index (χ4v) is 2.00. The fourth-order valence-electron chi connectivity index (χ4n) is 2.00. The van der Waals surface area contributed by atoms with Crippen molar-refractivity contribution in [2.45, 2.75) is 38.1 Å². The zero-order chi connectivity index (χ0) is 10.1. The van der Waals surface area contributed by atoms with Crippen LogP contribution in [0.1, 0.15) is 32.1 Å². The van der Waals surface area contributed by atoms with Gasteiger partial charge < -0.3 is 0 Å². The number of rotatable bonds is 2. The predicted octanol–water partition coefficient (Wildman–Crippen LogP) is 0.811. The van der Waals surface area contributed by atoms with E-state index < -0.39 is 10.9 Å². The largest absolute Gasteiger partial charge is 0.288 e. The number of hydrogen-bond donors (Lipinski definition) is 1. The van der Waals surface area contributed by atoms with Crippen LogP contribution in [0.5, 0.6) is 0 Å². The second kappa shape index (κ2) is 3.53. The van der Waals surface area contributed by atoms with Gasteiger partial charge in [-0.2, -0.15) is 0 Å². The predicted molar refractivity (Wildman–Crippen MR) is 52.5 cm³/mol. The van der Waals surface area contributed by atoms with Crippen molar-refractivity contribution in [2.75, 3.05) is 5.06 Å². The molecule has 0 heterocycles. The molecule has 0 radical (unpaired) electrons. The molecule has 4 heteroatoms. The lowest BCUT2D eigenvalue weighted by Crippen LogP contribution is -2.43. The Bertz CT molecular complexity index is 386. The van der Waals surface area contributed by atoms with Gasteiger partial charge >= 0.3 is 0 Å². The topological polar surface area (TPSA) is 57.6 Å². The Kier molecular flexibility index (Phi) is 2.37. The van der Waals surface area contributed by atoms with Crippen molar-refractivity contribution in [2.24, 2.45) is 0 Å². The maximum atomic E-state index is 11.0. The molecule has 4 nitrogen and oxygen atoms in total. The van der Waals surface area contributed by atoms with Crippen LogP contribution in [0.25, 0.3) is 0 Å². The Morgan fingerprint density at radius 2 is 1.86 bits per heavy atom. The first-order chi connectivity index (χ1) is 6.70. The molecule has 1 fully saturated rings. The molecule has 1 N–H and O–H groups in total. The van der Waals surface area contributed by atoms with Crippen LogP contribution in [0, 0.1) is 0 Å². The van der Waals surface area contributed by atoms with Crippen molar-refractivity contribution in [3.8, 4) is 0 Å². The van der Waals surface area contributed by atoms with Crippen LogP contribution in [-0.4, -0.2) is 11.2 Å². The molecule has 1 aromatic carbocycles. The van der Waals surface area contributed by atoms with Crippen LogP contribution < -0.4 is 15.9 Å². The average Bonchev–Trinajstić information content (AvgIpc) is 2.25. The summed E-state index contributed by atoms with van der Waals surface area (Å²) in [4.78, 5) is 21.7. The van der Waals surface area contributed by atoms with Crippen molar-refractivity contribution >= 4 is 5.69 Å². The summed E-state index contributed by atoms with van der Waals surface area (Å²) in [5.41, 5.74) is -0.894. The van der Waals surface area contributed by atoms with Gasteiger partial charge in [-0.25, -0.2) is 5.06 Å². The monoisotopic (exact) mass is 195 g/mol. The average molecular weight is 195 g/mol. The van der Waals surface area contributed by atoms with E-state index in [9.17, 15) is 14.8 Å². The molecule has 1 aliphatic carbocycles. The minimum absolute atomic E-state index is 0.0204. The minimum Gasteiger partial charge on any atom is -0.288 e. The highest BCUT2D eigenvalue weighted by Gasteiger charge is 2.24. The standard InChI is InChI=1S/C10H13NO3/c12-9-6-8(10(9)13)11(14)7-4-2-1-3-5-7/h6-7,14H,1-5H2. The van der Waals surface area contributed by atoms with Gasteiger partial charge in [0.15, 0.2) is 0 Å². The molecule has 0 amide bonds. The summed E-state index contributed by atoms with van der Waals surface area (Å²) >= 11 is 0. The number of hydrogen-bond acceptors (Lipinski definition) is 4. The summed E-state index contributed by atoms with van der Waals surface area (Å²) in [7, 11) is 0. The Morgan fingerprint density at radius 1 is 1.21 bits per heavy atom. The molecule has 0 atom stereocenters. The van der Waals surface area contributed by atoms with E-state index in [1.807, 2.05) is 0 Å². The van der Waals surface area contributed by atoms with Gasteiger partial charge in [0.05, 0.1) is 6.04 Å². The molecule has 14 heavy (non-hydrogen) atoms. The Morgan fingerprint density at radius 3 is 2.36 bits per heavy atom. The lowest BCUT2D eigenvalue weighted by atomic mass is 9.95. The molecule has 0 saturated heterocycles. The molecule has 0 unspecified atom stereocenters. The molecule has 1 saturated carbocycles. The van der Waals surface area contributed by atoms with E-state index in [2.05, 4.69) is 0 Å². The number of anilines is 1. The highest BCUT2D eigenvalue weighted by molar-refractivity contribution is 5.48. The van der Waals surface area contributed by atoms with Crippen LogP contribution >= 0.6 is 0 Å². The highest BCUT2D eigenvalue weighted by atomic mass is 16.5. The van der Waals surface area contributed by atoms with Crippen LogP contribution in [-0.2, 0) is 0 Å². The smallest absolute Gasteiger partial charge is 0.251 e. The minimum atomic E-state index is -0.557. The van der Waals surface area contributed by atoms with Crippen LogP contribution in [0.2, 0.25) is 0 Å². The van der Waals surface area contributed by atoms with E-state index in [1.54, 1.807) is 0 Å². The van der Waals surface area contributed by atoms with Gasteiger partial charge in [0.1, 0.15) is 5.69 Å². The van der Waals surface area contributed by atoms with Gasteiger partial charge in [-0.15, -0.1) is 0 Å². The van der Waals surface area contributed by atoms with E-state index in [0.29, 0.717) is 0 Å². The molecular formula is C10H13NO3. The number of hydroxylamine groups is 1. The van der Waals surface area contributed by atoms with Gasteiger partial charge in [-0.3, -0.25) is 14.8 Å². The van der Waals surface area contributed by atoms with Crippen LogP contribution in [0.3, 0.4) is 0 Å². The van der Waals surface area contributed by atoms with Crippen LogP contribution in [0.4, 0.5) is 5.69 Å². The number of nitrogens with zero attached hydrogens (tertiary/aromatic N) is 1. The van der Waals surface area contributed by atoms with E-state index in [-0.39, 0.29) is 11.7 Å². The molecule has 0 aromatic heterocycles. The molecule has 1 aromatic rings. The zero-order valence-electron chi connectivity index (χ0n) is 7.90. The first-order valence-corrected chi connectivity index (χ1v) is 4.98. The molecule has 76 valence electrons. The normalized spacial score (nSPS) is 18.6. The Hall–Kier alpha value is -1.16. The van der Waals surface area contributed by atoms with E-state index in [4.69, 9.17) is 0 Å². The third-order valence-corrected chi connectivity index (χ3v) is 2.89. The van der Waals surface area contributed by atoms with Gasteiger partial charge in [-0.05, 0) is 12.8 Å². The van der Waals surface area contributed by atoms with Crippen molar-refractivity contribution in [1.29, 1.82) is 0 Å². The first-order valence-electron chi connectivity index (χ1n) is 4.98. The second-order valence-electron chi connectivity index (χ2n) is 3.86. The summed E-state index contributed by atoms with van der Waals surface area (Å²) in [6, 6.07) is 1.23. The summed E-state index contributed by atoms with van der Waals surface area (Å²) in [5, 5.41) is 10.7. The summed E-state index contributed by atoms with van der Waals surface area (Å²) in [5.74, 6) is 0. The van der Waals surface area contributed by atoms with Crippen molar-refractivity contribution in [3.63, 3.8) is 0 Å². The third kappa shape index (κ3) is 1.46. The summed E-state index contributed by atoms with van der Waals surface area (Å²) in [6.07, 6.45) is 5.15. The Labute approximate surface area is 81.4 Å². The van der Waals surface area contributed by atoms with Gasteiger partial charge in [0.25, 0.3) is 5.43 Å². The lowest BCUT2D eigenvalue weighted by Gasteiger charge is -2.30. The highest BCUT2D eigenvalue weighted by Crippen LogP contribution is 2.23. The molecular weight excluding hydrogens is 182 g/mol. The zero-order valence-corrected chi connectivity index (χ0v) is 7.90. The van der Waals surface area contributed by atoms with Crippen molar-refractivity contribution in [1.82, 2.24) is 0 Å². The second-order valence-corrected chi connectivity index (χ2v) is 3.86. The maximum absolute atomic E-state index is 11.0. The van der Waals surface area contributed by atoms with E-state index in [0.717, 1.165) is 30.7 Å². The molecule has 0 aliphatic heterocycles. The molecule has 1 aliphatic rings.